The van der Waals surface area contributed by atoms with Crippen LogP contribution in [0.15, 0.2) is 152 Å². The molecule has 0 bridgehead atoms. The maximum atomic E-state index is 6.36. The van der Waals surface area contributed by atoms with E-state index in [0.717, 1.165) is 38.9 Å². The predicted molar refractivity (Wildman–Crippen MR) is 207 cm³/mol. The van der Waals surface area contributed by atoms with E-state index in [1.165, 1.54) is 28.7 Å². The van der Waals surface area contributed by atoms with Crippen molar-refractivity contribution in [3.05, 3.63) is 157 Å². The summed E-state index contributed by atoms with van der Waals surface area (Å²) < 4.78 is 8.41. The Morgan fingerprint density at radius 1 is 0.588 bits per heavy atom. The number of hydrogen-bond donors (Lipinski definition) is 0. The lowest BCUT2D eigenvalue weighted by molar-refractivity contribution is 0.438. The molecule has 0 spiro atoms. The number of aromatic nitrogens is 4. The van der Waals surface area contributed by atoms with Gasteiger partial charge in [-0.15, -0.1) is 0 Å². The Morgan fingerprint density at radius 3 is 1.98 bits per heavy atom. The van der Waals surface area contributed by atoms with Crippen LogP contribution in [0, 0.1) is 0 Å². The zero-order chi connectivity index (χ0) is 34.5. The number of nitrogens with zero attached hydrogens (tertiary/aromatic N) is 6. The Kier molecular flexibility index (Phi) is 7.28. The van der Waals surface area contributed by atoms with Crippen molar-refractivity contribution in [2.75, 3.05) is 16.5 Å². The van der Waals surface area contributed by atoms with Crippen LogP contribution < -0.4 is 14.5 Å². The summed E-state index contributed by atoms with van der Waals surface area (Å²) in [4.78, 5) is 18.5. The van der Waals surface area contributed by atoms with Gasteiger partial charge in [-0.3, -0.25) is 4.57 Å². The van der Waals surface area contributed by atoms with Crippen LogP contribution in [0.1, 0.15) is 26.3 Å². The first-order valence-corrected chi connectivity index (χ1v) is 17.2. The molecule has 0 radical (unpaired) electrons. The van der Waals surface area contributed by atoms with Crippen LogP contribution in [0.2, 0.25) is 0 Å². The predicted octanol–water partition coefficient (Wildman–Crippen LogP) is 11.0. The molecule has 0 fully saturated rings. The van der Waals surface area contributed by atoms with Crippen molar-refractivity contribution in [1.29, 1.82) is 0 Å². The maximum absolute atomic E-state index is 6.36. The molecule has 1 aliphatic heterocycles. The summed E-state index contributed by atoms with van der Waals surface area (Å²) in [6.45, 7) is 7.44. The highest BCUT2D eigenvalue weighted by Crippen LogP contribution is 2.48. The summed E-state index contributed by atoms with van der Waals surface area (Å²) in [5, 5.41) is 2.29. The Hall–Kier alpha value is -6.47. The van der Waals surface area contributed by atoms with Crippen molar-refractivity contribution >= 4 is 44.6 Å². The molecule has 0 amide bonds. The molecule has 0 saturated heterocycles. The summed E-state index contributed by atoms with van der Waals surface area (Å²) in [7, 11) is 0. The van der Waals surface area contributed by atoms with Crippen LogP contribution in [0.5, 0.6) is 11.8 Å². The largest absolute Gasteiger partial charge is 0.424 e. The Labute approximate surface area is 297 Å². The van der Waals surface area contributed by atoms with Gasteiger partial charge in [0.15, 0.2) is 0 Å². The quantitative estimate of drug-likeness (QED) is 0.176. The van der Waals surface area contributed by atoms with Gasteiger partial charge in [0.25, 0.3) is 0 Å². The van der Waals surface area contributed by atoms with Gasteiger partial charge < -0.3 is 14.5 Å². The van der Waals surface area contributed by atoms with Gasteiger partial charge in [0.1, 0.15) is 18.7 Å². The Morgan fingerprint density at radius 2 is 1.25 bits per heavy atom. The third-order valence-electron chi connectivity index (χ3n) is 9.64. The van der Waals surface area contributed by atoms with Crippen molar-refractivity contribution in [2.24, 2.45) is 0 Å². The molecule has 7 nitrogen and oxygen atoms in total. The molecule has 6 aromatic carbocycles. The number of hydrogen-bond acceptors (Lipinski definition) is 6. The van der Waals surface area contributed by atoms with Crippen molar-refractivity contribution in [1.82, 2.24) is 19.5 Å². The first-order valence-electron chi connectivity index (χ1n) is 17.2. The second-order valence-electron chi connectivity index (χ2n) is 13.9. The van der Waals surface area contributed by atoms with Gasteiger partial charge in [-0.05, 0) is 59.0 Å². The van der Waals surface area contributed by atoms with Gasteiger partial charge in [-0.2, -0.15) is 9.97 Å². The first kappa shape index (κ1) is 30.6. The van der Waals surface area contributed by atoms with Crippen LogP contribution in [-0.2, 0) is 5.41 Å². The molecule has 0 aliphatic carbocycles. The number of anilines is 4. The fourth-order valence-electron chi connectivity index (χ4n) is 7.11. The average molecular weight is 665 g/mol. The third kappa shape index (κ3) is 5.44. The molecule has 2 aromatic heterocycles. The minimum Gasteiger partial charge on any atom is -0.424 e. The lowest BCUT2D eigenvalue weighted by atomic mass is 9.85. The lowest BCUT2D eigenvalue weighted by Crippen LogP contribution is -2.25. The van der Waals surface area contributed by atoms with Crippen molar-refractivity contribution < 1.29 is 4.74 Å². The highest BCUT2D eigenvalue weighted by atomic mass is 16.5. The third-order valence-corrected chi connectivity index (χ3v) is 9.64. The number of fused-ring (bicyclic) bond motifs is 4. The molecule has 8 aromatic rings. The minimum atomic E-state index is 0.00497. The van der Waals surface area contributed by atoms with Gasteiger partial charge in [-0.25, -0.2) is 4.98 Å². The maximum Gasteiger partial charge on any atom is 0.326 e. The molecule has 0 unspecified atom stereocenters. The fraction of sp³-hybridized carbons (Fsp3) is 0.114. The summed E-state index contributed by atoms with van der Waals surface area (Å²) in [5.74, 6) is 1.15. The van der Waals surface area contributed by atoms with E-state index in [1.54, 1.807) is 0 Å². The molecule has 7 heteroatoms. The zero-order valence-corrected chi connectivity index (χ0v) is 28.7. The molecule has 0 saturated carbocycles. The number of para-hydroxylation sites is 4. The van der Waals surface area contributed by atoms with E-state index in [0.29, 0.717) is 18.4 Å². The fourth-order valence-corrected chi connectivity index (χ4v) is 7.11. The summed E-state index contributed by atoms with van der Waals surface area (Å²) in [6.07, 6.45) is 1.51. The van der Waals surface area contributed by atoms with E-state index >= 15 is 0 Å². The molecule has 1 aliphatic rings. The Bertz CT molecular complexity index is 2500. The normalized spacial score (nSPS) is 12.8. The molecule has 0 N–H and O–H groups in total. The number of rotatable bonds is 6. The average Bonchev–Trinajstić information content (AvgIpc) is 3.71. The first-order chi connectivity index (χ1) is 24.9. The Balaban J connectivity index is 1.07. The van der Waals surface area contributed by atoms with Gasteiger partial charge in [-0.1, -0.05) is 118 Å². The van der Waals surface area contributed by atoms with Gasteiger partial charge >= 0.3 is 6.01 Å². The van der Waals surface area contributed by atoms with E-state index in [-0.39, 0.29) is 11.4 Å². The SMILES string of the molecule is CC(C)(C)c1ccc(-c2ccccc2)c(N2CN(c3cccc(Oc4ncnc(-n5c6ccccc6c6ccccc65)n4)c3)c3ccccc32)c1. The lowest BCUT2D eigenvalue weighted by Gasteiger charge is -2.27. The van der Waals surface area contributed by atoms with Gasteiger partial charge in [0, 0.05) is 28.1 Å². The summed E-state index contributed by atoms with van der Waals surface area (Å²) in [5.41, 5.74) is 10.2. The van der Waals surface area contributed by atoms with Gasteiger partial charge in [0.05, 0.1) is 28.1 Å². The van der Waals surface area contributed by atoms with Crippen molar-refractivity contribution in [3.8, 4) is 28.8 Å². The van der Waals surface area contributed by atoms with Gasteiger partial charge in [0.2, 0.25) is 5.95 Å². The molecule has 51 heavy (non-hydrogen) atoms. The molecule has 9 rings (SSSR count). The molecule has 3 heterocycles. The molecule has 248 valence electrons. The van der Waals surface area contributed by atoms with Crippen molar-refractivity contribution in [3.63, 3.8) is 0 Å². The zero-order valence-electron chi connectivity index (χ0n) is 28.7. The summed E-state index contributed by atoms with van der Waals surface area (Å²) in [6, 6.07) is 51.1. The highest BCUT2D eigenvalue weighted by molar-refractivity contribution is 6.08. The van der Waals surface area contributed by atoms with E-state index in [1.807, 2.05) is 30.3 Å². The molecular weight excluding hydrogens is 629 g/mol. The smallest absolute Gasteiger partial charge is 0.326 e. The van der Waals surface area contributed by atoms with Crippen molar-refractivity contribution in [2.45, 2.75) is 26.2 Å². The van der Waals surface area contributed by atoms with Crippen LogP contribution in [0.3, 0.4) is 0 Å². The summed E-state index contributed by atoms with van der Waals surface area (Å²) >= 11 is 0. The second kappa shape index (κ2) is 12.1. The second-order valence-corrected chi connectivity index (χ2v) is 13.9. The molecule has 0 atom stereocenters. The van der Waals surface area contributed by atoms with E-state index in [9.17, 15) is 0 Å². The van der Waals surface area contributed by atoms with Crippen LogP contribution in [0.4, 0.5) is 22.7 Å². The highest BCUT2D eigenvalue weighted by Gasteiger charge is 2.30. The molecular formula is C44H36N6O. The minimum absolute atomic E-state index is 0.00497. The van der Waals surface area contributed by atoms with Crippen LogP contribution >= 0.6 is 0 Å². The van der Waals surface area contributed by atoms with Crippen LogP contribution in [0.25, 0.3) is 38.9 Å². The van der Waals surface area contributed by atoms with E-state index in [4.69, 9.17) is 9.72 Å². The van der Waals surface area contributed by atoms with Crippen LogP contribution in [-0.4, -0.2) is 26.2 Å². The number of ether oxygens (including phenoxy) is 1. The number of benzene rings is 6. The monoisotopic (exact) mass is 664 g/mol. The van der Waals surface area contributed by atoms with E-state index < -0.39 is 0 Å². The standard InChI is InChI=1S/C44H36N6O/c1-44(2,3)31-24-25-34(30-14-5-4-6-15-30)41(26-31)49-29-48(39-22-11-12-23-40(39)49)32-16-13-17-33(27-32)51-43-46-28-45-42(47-43)50-37-20-9-7-18-35(37)36-19-8-10-21-38(36)50/h4-28H,29H2,1-3H3. The topological polar surface area (TPSA) is 59.3 Å². The van der Waals surface area contributed by atoms with E-state index in [2.05, 4.69) is 160 Å².